The van der Waals surface area contributed by atoms with Crippen molar-refractivity contribution in [1.29, 1.82) is 0 Å². The molecule has 0 N–H and O–H groups in total. The van der Waals surface area contributed by atoms with E-state index in [0.717, 1.165) is 50.3 Å². The molecule has 0 aliphatic carbocycles. The molecule has 0 bridgehead atoms. The average Bonchev–Trinajstić information content (AvgIpc) is 3.92. The molecule has 72 heavy (non-hydrogen) atoms. The fourth-order valence-corrected chi connectivity index (χ4v) is 9.65. The van der Waals surface area contributed by atoms with E-state index in [2.05, 4.69) is 277 Å². The first-order chi connectivity index (χ1) is 33.2. The number of hydrogen-bond acceptors (Lipinski definition) is 2. The second-order valence-corrected chi connectivity index (χ2v) is 24.8. The van der Waals surface area contributed by atoms with Gasteiger partial charge in [-0.05, 0) is 96.4 Å². The van der Waals surface area contributed by atoms with Gasteiger partial charge in [0.15, 0.2) is 0 Å². The van der Waals surface area contributed by atoms with Gasteiger partial charge < -0.3 is 13.9 Å². The van der Waals surface area contributed by atoms with Crippen molar-refractivity contribution in [2.75, 3.05) is 0 Å². The molecule has 3 aromatic heterocycles. The molecule has 6 heteroatoms. The molecule has 0 atom stereocenters. The molecular formula is C66H72N4OPt-2. The Morgan fingerprint density at radius 1 is 0.472 bits per heavy atom. The number of fused-ring (bicyclic) bond motifs is 3. The van der Waals surface area contributed by atoms with Gasteiger partial charge in [-0.3, -0.25) is 4.57 Å². The number of ether oxygens (including phenoxy) is 1. The van der Waals surface area contributed by atoms with Gasteiger partial charge in [0.25, 0.3) is 6.33 Å². The number of rotatable bonds is 9. The quantitative estimate of drug-likeness (QED) is 0.107. The molecule has 0 aliphatic heterocycles. The maximum absolute atomic E-state index is 7.00. The monoisotopic (exact) mass is 1130 g/mol. The zero-order valence-electron chi connectivity index (χ0n) is 45.4. The van der Waals surface area contributed by atoms with Crippen LogP contribution in [0.4, 0.5) is 0 Å². The third kappa shape index (κ3) is 10.2. The van der Waals surface area contributed by atoms with Crippen molar-refractivity contribution in [3.8, 4) is 28.7 Å². The second-order valence-electron chi connectivity index (χ2n) is 24.8. The number of benzene rings is 6. The Bertz CT molecular complexity index is 3420. The van der Waals surface area contributed by atoms with Crippen LogP contribution in [0, 0.1) is 18.5 Å². The number of pyridine rings is 1. The number of imidazole rings is 1. The van der Waals surface area contributed by atoms with Gasteiger partial charge in [-0.2, -0.15) is 17.7 Å². The molecule has 6 aromatic carbocycles. The minimum atomic E-state index is -0.430. The minimum Gasteiger partial charge on any atom is -0.510 e. The first-order valence-corrected chi connectivity index (χ1v) is 25.3. The largest absolute Gasteiger partial charge is 0.510 e. The van der Waals surface area contributed by atoms with Crippen LogP contribution in [-0.4, -0.2) is 14.1 Å². The van der Waals surface area contributed by atoms with E-state index in [9.17, 15) is 0 Å². The Labute approximate surface area is 444 Å². The minimum absolute atomic E-state index is 0. The maximum atomic E-state index is 7.00. The summed E-state index contributed by atoms with van der Waals surface area (Å²) >= 11 is 0. The van der Waals surface area contributed by atoms with Gasteiger partial charge in [0.1, 0.15) is 5.82 Å². The summed E-state index contributed by atoms with van der Waals surface area (Å²) in [6.07, 6.45) is 8.07. The Kier molecular flexibility index (Phi) is 13.6. The molecule has 0 radical (unpaired) electrons. The van der Waals surface area contributed by atoms with Crippen LogP contribution in [0.3, 0.4) is 0 Å². The van der Waals surface area contributed by atoms with Gasteiger partial charge in [0, 0.05) is 61.3 Å². The van der Waals surface area contributed by atoms with Gasteiger partial charge in [0.2, 0.25) is 0 Å². The molecule has 9 rings (SSSR count). The van der Waals surface area contributed by atoms with Crippen molar-refractivity contribution in [3.63, 3.8) is 0 Å². The van der Waals surface area contributed by atoms with Crippen LogP contribution < -0.4 is 9.30 Å². The summed E-state index contributed by atoms with van der Waals surface area (Å²) in [5.74, 6) is 2.06. The molecule has 0 fully saturated rings. The number of nitrogens with zero attached hydrogens (tertiary/aromatic N) is 4. The van der Waals surface area contributed by atoms with Gasteiger partial charge in [-0.1, -0.05) is 195 Å². The Hall–Kier alpha value is -6.03. The van der Waals surface area contributed by atoms with Crippen molar-refractivity contribution in [1.82, 2.24) is 14.1 Å². The summed E-state index contributed by atoms with van der Waals surface area (Å²) in [6, 6.07) is 55.9. The third-order valence-electron chi connectivity index (χ3n) is 14.6. The van der Waals surface area contributed by atoms with Crippen LogP contribution in [0.1, 0.15) is 155 Å². The summed E-state index contributed by atoms with van der Waals surface area (Å²) in [5, 5.41) is 2.26. The third-order valence-corrected chi connectivity index (χ3v) is 14.6. The van der Waals surface area contributed by atoms with E-state index < -0.39 is 5.41 Å². The smallest absolute Gasteiger partial charge is 0.267 e. The SMILES string of the molecule is CC(C)(C)c1cc(Oc2[c-]c3c(cc2)c2cc(C(C)(C)C)ccc2n3-c2cc(C(C)(C)C)ccn2)[c-]c(-n2[c-][n+](-c3cc(C(C)(C)C)cc(C(C)(C)c4ccccc4)c3)cc2C(C)(C)c2ccccc2)c1.[Pt]. The van der Waals surface area contributed by atoms with E-state index in [4.69, 9.17) is 9.72 Å². The van der Waals surface area contributed by atoms with Crippen molar-refractivity contribution < 1.29 is 30.4 Å². The van der Waals surface area contributed by atoms with Gasteiger partial charge in [-0.25, -0.2) is 4.98 Å². The molecule has 0 saturated carbocycles. The molecular weight excluding hydrogens is 1060 g/mol. The molecule has 0 unspecified atom stereocenters. The summed E-state index contributed by atoms with van der Waals surface area (Å²) in [6.45, 7) is 36.4. The summed E-state index contributed by atoms with van der Waals surface area (Å²) in [7, 11) is 0. The zero-order chi connectivity index (χ0) is 51.1. The second kappa shape index (κ2) is 18.8. The fraction of sp³-hybridized carbons (Fsp3) is 0.333. The topological polar surface area (TPSA) is 35.9 Å². The van der Waals surface area contributed by atoms with Crippen LogP contribution in [-0.2, 0) is 53.6 Å². The predicted molar refractivity (Wildman–Crippen MR) is 294 cm³/mol. The molecule has 0 aliphatic rings. The van der Waals surface area contributed by atoms with Gasteiger partial charge in [-0.15, -0.1) is 29.7 Å². The number of aromatic nitrogens is 4. The fourth-order valence-electron chi connectivity index (χ4n) is 9.65. The van der Waals surface area contributed by atoms with Gasteiger partial charge >= 0.3 is 0 Å². The molecule has 9 aromatic rings. The van der Waals surface area contributed by atoms with Crippen LogP contribution in [0.2, 0.25) is 0 Å². The van der Waals surface area contributed by atoms with Crippen molar-refractivity contribution >= 4 is 21.8 Å². The van der Waals surface area contributed by atoms with Crippen LogP contribution in [0.5, 0.6) is 11.5 Å². The first kappa shape index (κ1) is 52.3. The van der Waals surface area contributed by atoms with E-state index >= 15 is 0 Å². The molecule has 0 saturated heterocycles. The molecule has 5 nitrogen and oxygen atoms in total. The summed E-state index contributed by atoms with van der Waals surface area (Å²) in [5.41, 5.74) is 12.5. The van der Waals surface area contributed by atoms with E-state index in [1.54, 1.807) is 0 Å². The van der Waals surface area contributed by atoms with Crippen molar-refractivity contribution in [2.24, 2.45) is 0 Å². The molecule has 0 spiro atoms. The molecule has 3 heterocycles. The number of hydrogen-bond donors (Lipinski definition) is 0. The van der Waals surface area contributed by atoms with Gasteiger partial charge in [0.05, 0.1) is 11.4 Å². The maximum Gasteiger partial charge on any atom is 0.267 e. The molecule has 0 amide bonds. The Morgan fingerprint density at radius 3 is 1.65 bits per heavy atom. The normalized spacial score (nSPS) is 12.9. The van der Waals surface area contributed by atoms with E-state index in [0.29, 0.717) is 11.5 Å². The van der Waals surface area contributed by atoms with Crippen LogP contribution in [0.25, 0.3) is 39.0 Å². The van der Waals surface area contributed by atoms with E-state index in [1.807, 2.05) is 12.3 Å². The standard InChI is InChI=1S/C66H72N4O.Pt/c1-61(2,3)46-27-30-57-56(38-46)55-29-28-53(41-58(55)70(57)60-39-47(31-32-67-60)62(4,5)6)71-54-37-49(64(10,11)12)35-52(40-54)69-43-68(42-59(69)66(15,16)45-25-21-18-22-26-45)51-34-48(63(7,8)9)33-50(36-51)65(13,14)44-23-19-17-20-24-44;/h17-39,42H,1-16H3;/q-2;. The van der Waals surface area contributed by atoms with E-state index in [-0.39, 0.29) is 48.1 Å². The van der Waals surface area contributed by atoms with Crippen molar-refractivity contribution in [2.45, 2.75) is 143 Å². The molecule has 374 valence electrons. The average molecular weight is 1130 g/mol. The van der Waals surface area contributed by atoms with E-state index in [1.165, 1.54) is 33.4 Å². The zero-order valence-corrected chi connectivity index (χ0v) is 47.6. The Balaban J connectivity index is 0.00000693. The van der Waals surface area contributed by atoms with Crippen LogP contribution >= 0.6 is 0 Å². The van der Waals surface area contributed by atoms with Crippen molar-refractivity contribution in [3.05, 3.63) is 209 Å². The Morgan fingerprint density at radius 2 is 1.04 bits per heavy atom. The van der Waals surface area contributed by atoms with Crippen LogP contribution in [0.15, 0.2) is 146 Å². The predicted octanol–water partition coefficient (Wildman–Crippen LogP) is 16.3. The first-order valence-electron chi connectivity index (χ1n) is 25.3. The summed E-state index contributed by atoms with van der Waals surface area (Å²) < 4.78 is 13.6. The summed E-state index contributed by atoms with van der Waals surface area (Å²) in [4.78, 5) is 4.97.